The molecule has 0 saturated carbocycles. The third-order valence-corrected chi connectivity index (χ3v) is 6.65. The molecule has 0 radical (unpaired) electrons. The second-order valence-corrected chi connectivity index (χ2v) is 9.61. The zero-order chi connectivity index (χ0) is 26.7. The third-order valence-electron chi connectivity index (χ3n) is 6.65. The molecule has 2 aliphatic rings. The number of anilines is 1. The molecule has 0 aliphatic carbocycles. The summed E-state index contributed by atoms with van der Waals surface area (Å²) in [6, 6.07) is 11.4. The van der Waals surface area contributed by atoms with Crippen molar-refractivity contribution in [2.24, 2.45) is 5.73 Å². The lowest BCUT2D eigenvalue weighted by molar-refractivity contribution is -0.137. The van der Waals surface area contributed by atoms with Gasteiger partial charge < -0.3 is 26.0 Å². The lowest BCUT2D eigenvalue weighted by atomic mass is 9.75. The van der Waals surface area contributed by atoms with Crippen LogP contribution >= 0.6 is 0 Å². The zero-order valence-corrected chi connectivity index (χ0v) is 20.8. The van der Waals surface area contributed by atoms with Gasteiger partial charge in [-0.2, -0.15) is 0 Å². The van der Waals surface area contributed by atoms with E-state index >= 15 is 4.39 Å². The number of hydrogen-bond acceptors (Lipinski definition) is 6. The summed E-state index contributed by atoms with van der Waals surface area (Å²) in [5.74, 6) is -1.33. The molecule has 4 amide bonds. The first-order valence-electron chi connectivity index (χ1n) is 12.0. The van der Waals surface area contributed by atoms with Crippen LogP contribution in [-0.2, 0) is 26.3 Å². The summed E-state index contributed by atoms with van der Waals surface area (Å²) in [5, 5.41) is 5.22. The highest BCUT2D eigenvalue weighted by Gasteiger charge is 2.44. The number of likely N-dealkylation sites (tertiary alicyclic amines) is 1. The highest BCUT2D eigenvalue weighted by atomic mass is 19.1. The van der Waals surface area contributed by atoms with Gasteiger partial charge in [-0.25, -0.2) is 9.18 Å². The molecule has 37 heavy (non-hydrogen) atoms. The van der Waals surface area contributed by atoms with Crippen LogP contribution in [0.4, 0.5) is 14.9 Å². The monoisotopic (exact) mass is 511 g/mol. The van der Waals surface area contributed by atoms with Gasteiger partial charge in [-0.3, -0.25) is 19.3 Å². The number of cyclic esters (lactones) is 1. The smallest absolute Gasteiger partial charge is 0.414 e. The molecule has 0 spiro atoms. The molecule has 2 heterocycles. The standard InChI is InChI=1S/C26H30FN5O5/c1-16(33)29-11-20-13-32(25(36)37-20)19-7-8-21(22(27)9-19)26(2)14-31(15-26)23(34)12-30-24(35)18-5-3-17(10-28)4-6-18/h3-9,20H,10-15,28H2,1-2H3,(H,29,33)(H,30,35)/t20-/m0/s1. The number of carbonyl (C=O) groups excluding carboxylic acids is 4. The van der Waals surface area contributed by atoms with E-state index in [4.69, 9.17) is 10.5 Å². The van der Waals surface area contributed by atoms with Crippen molar-refractivity contribution >= 4 is 29.5 Å². The van der Waals surface area contributed by atoms with Crippen LogP contribution in [0.25, 0.3) is 0 Å². The van der Waals surface area contributed by atoms with Crippen LogP contribution < -0.4 is 21.3 Å². The predicted octanol–water partition coefficient (Wildman–Crippen LogP) is 1.28. The first-order valence-corrected chi connectivity index (χ1v) is 12.0. The number of amides is 4. The molecule has 2 aromatic rings. The van der Waals surface area contributed by atoms with Crippen LogP contribution in [0.5, 0.6) is 0 Å². The van der Waals surface area contributed by atoms with Crippen LogP contribution in [0.1, 0.15) is 35.3 Å². The summed E-state index contributed by atoms with van der Waals surface area (Å²) in [6.07, 6.45) is -1.12. The van der Waals surface area contributed by atoms with E-state index in [1.165, 1.54) is 17.9 Å². The maximum Gasteiger partial charge on any atom is 0.414 e. The minimum Gasteiger partial charge on any atom is -0.442 e. The lowest BCUT2D eigenvalue weighted by Crippen LogP contribution is -2.61. The van der Waals surface area contributed by atoms with Crippen molar-refractivity contribution in [1.29, 1.82) is 0 Å². The van der Waals surface area contributed by atoms with Crippen LogP contribution in [0.15, 0.2) is 42.5 Å². The minimum absolute atomic E-state index is 0.161. The maximum absolute atomic E-state index is 15.1. The van der Waals surface area contributed by atoms with Crippen LogP contribution in [0, 0.1) is 5.82 Å². The van der Waals surface area contributed by atoms with E-state index in [0.29, 0.717) is 36.4 Å². The van der Waals surface area contributed by atoms with Gasteiger partial charge in [0, 0.05) is 37.5 Å². The number of carbonyl (C=O) groups is 4. The second-order valence-electron chi connectivity index (χ2n) is 9.61. The van der Waals surface area contributed by atoms with E-state index in [1.807, 2.05) is 6.92 Å². The fraction of sp³-hybridized carbons (Fsp3) is 0.385. The summed E-state index contributed by atoms with van der Waals surface area (Å²) in [6.45, 7) is 4.43. The summed E-state index contributed by atoms with van der Waals surface area (Å²) >= 11 is 0. The van der Waals surface area contributed by atoms with Gasteiger partial charge in [0.05, 0.1) is 25.3 Å². The molecular weight excluding hydrogens is 481 g/mol. The summed E-state index contributed by atoms with van der Waals surface area (Å²) in [5.41, 5.74) is 7.09. The first-order chi connectivity index (χ1) is 17.6. The van der Waals surface area contributed by atoms with Crippen molar-refractivity contribution in [2.45, 2.75) is 31.9 Å². The SMILES string of the molecule is CC(=O)NC[C@H]1CN(c2ccc(C3(C)CN(C(=O)CNC(=O)c4ccc(CN)cc4)C3)c(F)c2)C(=O)O1. The Kier molecular flexibility index (Phi) is 7.44. The first kappa shape index (κ1) is 26.1. The van der Waals surface area contributed by atoms with Crippen LogP contribution in [0.2, 0.25) is 0 Å². The maximum atomic E-state index is 15.1. The van der Waals surface area contributed by atoms with Crippen molar-refractivity contribution < 1.29 is 28.3 Å². The fourth-order valence-corrected chi connectivity index (χ4v) is 4.56. The molecule has 2 aromatic carbocycles. The molecule has 1 atom stereocenters. The number of halogens is 1. The largest absolute Gasteiger partial charge is 0.442 e. The quantitative estimate of drug-likeness (QED) is 0.489. The van der Waals surface area contributed by atoms with Crippen molar-refractivity contribution in [3.8, 4) is 0 Å². The molecule has 2 saturated heterocycles. The normalized spacial score (nSPS) is 18.2. The van der Waals surface area contributed by atoms with Gasteiger partial charge in [0.2, 0.25) is 11.8 Å². The van der Waals surface area contributed by atoms with Crippen molar-refractivity contribution in [2.75, 3.05) is 37.6 Å². The third kappa shape index (κ3) is 5.72. The number of benzene rings is 2. The molecule has 0 bridgehead atoms. The average Bonchev–Trinajstić information content (AvgIpc) is 3.24. The molecular formula is C26H30FN5O5. The Morgan fingerprint density at radius 2 is 1.84 bits per heavy atom. The molecule has 2 aliphatic heterocycles. The van der Waals surface area contributed by atoms with E-state index in [0.717, 1.165) is 5.56 Å². The van der Waals surface area contributed by atoms with Gasteiger partial charge in [-0.05, 0) is 35.4 Å². The average molecular weight is 512 g/mol. The van der Waals surface area contributed by atoms with Gasteiger partial charge in [0.1, 0.15) is 11.9 Å². The Labute approximate surface area is 213 Å². The molecule has 11 heteroatoms. The molecule has 10 nitrogen and oxygen atoms in total. The molecule has 196 valence electrons. The molecule has 2 fully saturated rings. The fourth-order valence-electron chi connectivity index (χ4n) is 4.56. The van der Waals surface area contributed by atoms with Gasteiger partial charge in [0.25, 0.3) is 5.91 Å². The highest BCUT2D eigenvalue weighted by molar-refractivity contribution is 5.96. The zero-order valence-electron chi connectivity index (χ0n) is 20.8. The topological polar surface area (TPSA) is 134 Å². The van der Waals surface area contributed by atoms with Crippen molar-refractivity contribution in [1.82, 2.24) is 15.5 Å². The molecule has 0 unspecified atom stereocenters. The summed E-state index contributed by atoms with van der Waals surface area (Å²) in [7, 11) is 0. The van der Waals surface area contributed by atoms with E-state index in [9.17, 15) is 19.2 Å². The van der Waals surface area contributed by atoms with Crippen molar-refractivity contribution in [3.05, 3.63) is 65.0 Å². The molecule has 4 rings (SSSR count). The number of nitrogens with zero attached hydrogens (tertiary/aromatic N) is 2. The Balaban J connectivity index is 1.31. The van der Waals surface area contributed by atoms with E-state index in [-0.39, 0.29) is 37.4 Å². The van der Waals surface area contributed by atoms with E-state index in [1.54, 1.807) is 41.3 Å². The summed E-state index contributed by atoms with van der Waals surface area (Å²) < 4.78 is 20.4. The molecule has 0 aromatic heterocycles. The Bertz CT molecular complexity index is 1210. The van der Waals surface area contributed by atoms with Crippen LogP contribution in [-0.4, -0.2) is 67.5 Å². The number of nitrogens with two attached hydrogens (primary N) is 1. The summed E-state index contributed by atoms with van der Waals surface area (Å²) in [4.78, 5) is 51.1. The Morgan fingerprint density at radius 3 is 2.46 bits per heavy atom. The number of rotatable bonds is 8. The number of ether oxygens (including phenoxy) is 1. The van der Waals surface area contributed by atoms with Gasteiger partial charge in [-0.15, -0.1) is 0 Å². The van der Waals surface area contributed by atoms with E-state index < -0.39 is 23.4 Å². The van der Waals surface area contributed by atoms with E-state index in [2.05, 4.69) is 10.6 Å². The predicted molar refractivity (Wildman–Crippen MR) is 133 cm³/mol. The Hall–Kier alpha value is -3.99. The van der Waals surface area contributed by atoms with Gasteiger partial charge in [0.15, 0.2) is 0 Å². The molecule has 4 N–H and O–H groups in total. The van der Waals surface area contributed by atoms with Gasteiger partial charge >= 0.3 is 6.09 Å². The van der Waals surface area contributed by atoms with Crippen molar-refractivity contribution in [3.63, 3.8) is 0 Å². The minimum atomic E-state index is -0.605. The Morgan fingerprint density at radius 1 is 1.14 bits per heavy atom. The highest BCUT2D eigenvalue weighted by Crippen LogP contribution is 2.37. The number of hydrogen-bond donors (Lipinski definition) is 3. The number of nitrogens with one attached hydrogen (secondary N) is 2. The van der Waals surface area contributed by atoms with Crippen LogP contribution in [0.3, 0.4) is 0 Å². The second kappa shape index (κ2) is 10.6. The lowest BCUT2D eigenvalue weighted by Gasteiger charge is -2.48. The van der Waals surface area contributed by atoms with Gasteiger partial charge in [-0.1, -0.05) is 25.1 Å².